The summed E-state index contributed by atoms with van der Waals surface area (Å²) in [7, 11) is 0. The van der Waals surface area contributed by atoms with Gasteiger partial charge in [-0.25, -0.2) is 0 Å². The molecule has 0 bridgehead atoms. The highest BCUT2D eigenvalue weighted by atomic mass is 35.5. The Morgan fingerprint density at radius 3 is 2.55 bits per heavy atom. The van der Waals surface area contributed by atoms with Gasteiger partial charge in [-0.2, -0.15) is 4.68 Å². The molecule has 1 N–H and O–H groups in total. The molecular formula is C23H22ClN5OS. The van der Waals surface area contributed by atoms with Crippen molar-refractivity contribution < 1.29 is 4.74 Å². The monoisotopic (exact) mass is 451 g/mol. The molecule has 0 aliphatic carbocycles. The lowest BCUT2D eigenvalue weighted by Crippen LogP contribution is -2.17. The Bertz CT molecular complexity index is 1090. The van der Waals surface area contributed by atoms with E-state index in [-0.39, 0.29) is 0 Å². The van der Waals surface area contributed by atoms with E-state index >= 15 is 0 Å². The molecule has 3 aromatic carbocycles. The Morgan fingerprint density at radius 2 is 1.71 bits per heavy atom. The molecule has 4 rings (SSSR count). The first-order valence-electron chi connectivity index (χ1n) is 9.92. The Hall–Kier alpha value is -2.87. The SMILES string of the molecule is Clc1ccc(COc2ccccc2CNCCSc2nnnn2-c2ccccc2)cc1. The molecule has 0 radical (unpaired) electrons. The fraction of sp³-hybridized carbons (Fsp3) is 0.174. The number of ether oxygens (including phenoxy) is 1. The Labute approximate surface area is 190 Å². The molecule has 4 aromatic rings. The van der Waals surface area contributed by atoms with Gasteiger partial charge in [0.1, 0.15) is 12.4 Å². The molecule has 0 spiro atoms. The second-order valence-electron chi connectivity index (χ2n) is 6.76. The Balaban J connectivity index is 1.25. The molecule has 0 amide bonds. The van der Waals surface area contributed by atoms with Gasteiger partial charge in [0.2, 0.25) is 5.16 Å². The van der Waals surface area contributed by atoms with Crippen LogP contribution in [0.3, 0.4) is 0 Å². The van der Waals surface area contributed by atoms with Crippen LogP contribution in [0.5, 0.6) is 5.75 Å². The van der Waals surface area contributed by atoms with E-state index in [2.05, 4.69) is 26.9 Å². The van der Waals surface area contributed by atoms with Crippen LogP contribution in [0.15, 0.2) is 84.0 Å². The van der Waals surface area contributed by atoms with Crippen molar-refractivity contribution in [1.82, 2.24) is 25.5 Å². The molecule has 0 aliphatic heterocycles. The van der Waals surface area contributed by atoms with Crippen LogP contribution in [-0.2, 0) is 13.2 Å². The summed E-state index contributed by atoms with van der Waals surface area (Å²) in [6, 6.07) is 25.7. The number of nitrogens with zero attached hydrogens (tertiary/aromatic N) is 4. The summed E-state index contributed by atoms with van der Waals surface area (Å²) in [5.74, 6) is 1.73. The standard InChI is InChI=1S/C23H22ClN5OS/c24-20-12-10-18(11-13-20)17-30-22-9-5-4-6-19(22)16-25-14-15-31-23-26-27-28-29(23)21-7-2-1-3-8-21/h1-13,25H,14-17H2. The summed E-state index contributed by atoms with van der Waals surface area (Å²) in [5, 5.41) is 17.0. The third-order valence-electron chi connectivity index (χ3n) is 4.55. The van der Waals surface area contributed by atoms with Crippen molar-refractivity contribution in [2.45, 2.75) is 18.3 Å². The normalized spacial score (nSPS) is 10.9. The maximum atomic E-state index is 6.03. The molecule has 0 saturated carbocycles. The first kappa shape index (κ1) is 21.4. The highest BCUT2D eigenvalue weighted by molar-refractivity contribution is 7.99. The quantitative estimate of drug-likeness (QED) is 0.276. The van der Waals surface area contributed by atoms with Crippen LogP contribution in [0, 0.1) is 0 Å². The number of halogens is 1. The average Bonchev–Trinajstić information content (AvgIpc) is 3.28. The first-order valence-corrected chi connectivity index (χ1v) is 11.3. The van der Waals surface area contributed by atoms with Crippen molar-refractivity contribution in [3.05, 3.63) is 95.0 Å². The number of hydrogen-bond donors (Lipinski definition) is 1. The van der Waals surface area contributed by atoms with E-state index in [0.717, 1.165) is 51.6 Å². The minimum atomic E-state index is 0.506. The van der Waals surface area contributed by atoms with Crippen molar-refractivity contribution in [2.75, 3.05) is 12.3 Å². The molecule has 8 heteroatoms. The van der Waals surface area contributed by atoms with Crippen LogP contribution >= 0.6 is 23.4 Å². The highest BCUT2D eigenvalue weighted by Crippen LogP contribution is 2.21. The van der Waals surface area contributed by atoms with E-state index in [1.807, 2.05) is 72.8 Å². The Morgan fingerprint density at radius 1 is 0.935 bits per heavy atom. The largest absolute Gasteiger partial charge is 0.489 e. The van der Waals surface area contributed by atoms with Gasteiger partial charge in [-0.3, -0.25) is 0 Å². The third kappa shape index (κ3) is 6.07. The molecule has 158 valence electrons. The lowest BCUT2D eigenvalue weighted by Gasteiger charge is -2.12. The van der Waals surface area contributed by atoms with Gasteiger partial charge in [0, 0.05) is 29.4 Å². The molecule has 0 saturated heterocycles. The third-order valence-corrected chi connectivity index (χ3v) is 5.72. The van der Waals surface area contributed by atoms with Gasteiger partial charge < -0.3 is 10.1 Å². The summed E-state index contributed by atoms with van der Waals surface area (Å²) in [5.41, 5.74) is 3.16. The zero-order chi connectivity index (χ0) is 21.3. The molecule has 31 heavy (non-hydrogen) atoms. The van der Waals surface area contributed by atoms with Crippen molar-refractivity contribution >= 4 is 23.4 Å². The van der Waals surface area contributed by atoms with Gasteiger partial charge in [0.25, 0.3) is 0 Å². The number of tetrazole rings is 1. The van der Waals surface area contributed by atoms with Crippen molar-refractivity contribution in [1.29, 1.82) is 0 Å². The number of aromatic nitrogens is 4. The van der Waals surface area contributed by atoms with E-state index in [4.69, 9.17) is 16.3 Å². The number of para-hydroxylation sites is 2. The van der Waals surface area contributed by atoms with Crippen LogP contribution in [0.4, 0.5) is 0 Å². The molecule has 1 heterocycles. The zero-order valence-corrected chi connectivity index (χ0v) is 18.4. The fourth-order valence-electron chi connectivity index (χ4n) is 2.97. The number of nitrogens with one attached hydrogen (secondary N) is 1. The predicted octanol–water partition coefficient (Wildman–Crippen LogP) is 4.78. The number of benzene rings is 3. The van der Waals surface area contributed by atoms with Crippen molar-refractivity contribution in [3.8, 4) is 11.4 Å². The lowest BCUT2D eigenvalue weighted by atomic mass is 10.2. The number of thioether (sulfide) groups is 1. The van der Waals surface area contributed by atoms with Crippen LogP contribution in [-0.4, -0.2) is 32.5 Å². The van der Waals surface area contributed by atoms with Gasteiger partial charge in [0.05, 0.1) is 5.69 Å². The minimum Gasteiger partial charge on any atom is -0.489 e. The fourth-order valence-corrected chi connectivity index (χ4v) is 3.88. The minimum absolute atomic E-state index is 0.506. The van der Waals surface area contributed by atoms with Crippen LogP contribution in [0.2, 0.25) is 5.02 Å². The second-order valence-corrected chi connectivity index (χ2v) is 8.26. The van der Waals surface area contributed by atoms with Gasteiger partial charge in [-0.05, 0) is 46.3 Å². The summed E-state index contributed by atoms with van der Waals surface area (Å²) in [4.78, 5) is 0. The number of rotatable bonds is 10. The zero-order valence-electron chi connectivity index (χ0n) is 16.8. The molecule has 0 unspecified atom stereocenters. The van der Waals surface area contributed by atoms with E-state index in [9.17, 15) is 0 Å². The Kier molecular flexibility index (Phi) is 7.55. The number of hydrogen-bond acceptors (Lipinski definition) is 6. The molecule has 0 atom stereocenters. The lowest BCUT2D eigenvalue weighted by molar-refractivity contribution is 0.302. The molecule has 0 aliphatic rings. The summed E-state index contributed by atoms with van der Waals surface area (Å²) in [6.45, 7) is 2.05. The van der Waals surface area contributed by atoms with Crippen molar-refractivity contribution in [2.24, 2.45) is 0 Å². The van der Waals surface area contributed by atoms with Crippen molar-refractivity contribution in [3.63, 3.8) is 0 Å². The molecule has 6 nitrogen and oxygen atoms in total. The van der Waals surface area contributed by atoms with Gasteiger partial charge in [-0.15, -0.1) is 5.10 Å². The van der Waals surface area contributed by atoms with Crippen LogP contribution in [0.1, 0.15) is 11.1 Å². The van der Waals surface area contributed by atoms with Crippen LogP contribution in [0.25, 0.3) is 5.69 Å². The summed E-state index contributed by atoms with van der Waals surface area (Å²) < 4.78 is 7.78. The second kappa shape index (κ2) is 10.9. The topological polar surface area (TPSA) is 64.9 Å². The van der Waals surface area contributed by atoms with Gasteiger partial charge >= 0.3 is 0 Å². The highest BCUT2D eigenvalue weighted by Gasteiger charge is 2.08. The smallest absolute Gasteiger partial charge is 0.214 e. The maximum absolute atomic E-state index is 6.03. The predicted molar refractivity (Wildman–Crippen MR) is 124 cm³/mol. The van der Waals surface area contributed by atoms with Gasteiger partial charge in [-0.1, -0.05) is 71.9 Å². The van der Waals surface area contributed by atoms with E-state index in [1.165, 1.54) is 0 Å². The maximum Gasteiger partial charge on any atom is 0.214 e. The van der Waals surface area contributed by atoms with Gasteiger partial charge in [0.15, 0.2) is 0 Å². The first-order chi connectivity index (χ1) is 15.3. The van der Waals surface area contributed by atoms with Crippen LogP contribution < -0.4 is 10.1 Å². The summed E-state index contributed by atoms with van der Waals surface area (Å²) in [6.07, 6.45) is 0. The molecule has 1 aromatic heterocycles. The van der Waals surface area contributed by atoms with E-state index in [1.54, 1.807) is 16.4 Å². The van der Waals surface area contributed by atoms with E-state index < -0.39 is 0 Å². The molecular weight excluding hydrogens is 430 g/mol. The summed E-state index contributed by atoms with van der Waals surface area (Å²) >= 11 is 7.57. The average molecular weight is 452 g/mol. The molecule has 0 fully saturated rings. The van der Waals surface area contributed by atoms with E-state index in [0.29, 0.717) is 6.61 Å².